The molecule has 0 aromatic heterocycles. The monoisotopic (exact) mass is 155 g/mol. The van der Waals surface area contributed by atoms with E-state index in [1.165, 1.54) is 6.42 Å². The topological polar surface area (TPSA) is 12.0 Å². The molecule has 1 unspecified atom stereocenters. The van der Waals surface area contributed by atoms with Crippen LogP contribution in [-0.4, -0.2) is 13.1 Å². The van der Waals surface area contributed by atoms with Gasteiger partial charge < -0.3 is 5.32 Å². The summed E-state index contributed by atoms with van der Waals surface area (Å²) in [6.07, 6.45) is 1.38. The molecular weight excluding hydrogens is 134 g/mol. The maximum Gasteiger partial charge on any atom is 0.0101 e. The van der Waals surface area contributed by atoms with Crippen LogP contribution in [0.3, 0.4) is 0 Å². The molecule has 0 aromatic carbocycles. The third-order valence-corrected chi connectivity index (χ3v) is 3.60. The van der Waals surface area contributed by atoms with Gasteiger partial charge in [0.05, 0.1) is 0 Å². The van der Waals surface area contributed by atoms with Crippen LogP contribution in [0.1, 0.15) is 34.1 Å². The Morgan fingerprint density at radius 2 is 1.91 bits per heavy atom. The average Bonchev–Trinajstić information content (AvgIpc) is 2.65. The number of hydrogen-bond acceptors (Lipinski definition) is 1. The first-order valence-corrected chi connectivity index (χ1v) is 4.67. The normalized spacial score (nSPS) is 31.1. The summed E-state index contributed by atoms with van der Waals surface area (Å²) in [5, 5.41) is 3.35. The molecule has 0 radical (unpaired) electrons. The molecule has 1 N–H and O–H groups in total. The standard InChI is InChI=1S/C10H21N/c1-7(2)10(3,4)8-6-9(8)11-5/h7-9,11H,6H2,1-5H3/t8?,9-/m1/s1. The van der Waals surface area contributed by atoms with E-state index in [2.05, 4.69) is 40.1 Å². The maximum atomic E-state index is 3.35. The Morgan fingerprint density at radius 3 is 2.18 bits per heavy atom. The van der Waals surface area contributed by atoms with E-state index >= 15 is 0 Å². The molecule has 1 saturated carbocycles. The molecule has 1 rings (SSSR count). The summed E-state index contributed by atoms with van der Waals surface area (Å²) in [7, 11) is 2.07. The van der Waals surface area contributed by atoms with Gasteiger partial charge in [0.2, 0.25) is 0 Å². The van der Waals surface area contributed by atoms with Crippen LogP contribution in [0.2, 0.25) is 0 Å². The maximum absolute atomic E-state index is 3.35. The molecule has 1 heteroatoms. The van der Waals surface area contributed by atoms with Gasteiger partial charge in [-0.1, -0.05) is 27.7 Å². The molecule has 2 atom stereocenters. The first kappa shape index (κ1) is 9.05. The number of nitrogens with one attached hydrogen (secondary N) is 1. The highest BCUT2D eigenvalue weighted by atomic mass is 14.9. The summed E-state index contributed by atoms with van der Waals surface area (Å²) >= 11 is 0. The summed E-state index contributed by atoms with van der Waals surface area (Å²) in [5.41, 5.74) is 0.522. The van der Waals surface area contributed by atoms with E-state index in [1.807, 2.05) is 0 Å². The molecule has 0 aliphatic heterocycles. The zero-order chi connectivity index (χ0) is 8.65. The van der Waals surface area contributed by atoms with Crippen molar-refractivity contribution in [3.05, 3.63) is 0 Å². The molecule has 0 heterocycles. The fourth-order valence-corrected chi connectivity index (χ4v) is 1.76. The van der Waals surface area contributed by atoms with Crippen molar-refractivity contribution >= 4 is 0 Å². The second kappa shape index (κ2) is 2.78. The van der Waals surface area contributed by atoms with E-state index in [1.54, 1.807) is 0 Å². The zero-order valence-electron chi connectivity index (χ0n) is 8.44. The van der Waals surface area contributed by atoms with E-state index in [9.17, 15) is 0 Å². The van der Waals surface area contributed by atoms with Crippen LogP contribution in [0.4, 0.5) is 0 Å². The van der Waals surface area contributed by atoms with Gasteiger partial charge in [0, 0.05) is 6.04 Å². The van der Waals surface area contributed by atoms with E-state index in [4.69, 9.17) is 0 Å². The van der Waals surface area contributed by atoms with Crippen LogP contribution in [0.25, 0.3) is 0 Å². The fraction of sp³-hybridized carbons (Fsp3) is 1.00. The predicted octanol–water partition coefficient (Wildman–Crippen LogP) is 2.28. The van der Waals surface area contributed by atoms with Crippen LogP contribution in [0.15, 0.2) is 0 Å². The van der Waals surface area contributed by atoms with Crippen molar-refractivity contribution in [2.24, 2.45) is 17.3 Å². The third-order valence-electron chi connectivity index (χ3n) is 3.60. The van der Waals surface area contributed by atoms with Gasteiger partial charge in [0.15, 0.2) is 0 Å². The average molecular weight is 155 g/mol. The highest BCUT2D eigenvalue weighted by Gasteiger charge is 2.47. The SMILES string of the molecule is CN[C@@H]1CC1C(C)(C)C(C)C. The molecule has 1 aliphatic rings. The van der Waals surface area contributed by atoms with Crippen molar-refractivity contribution in [3.63, 3.8) is 0 Å². The highest BCUT2D eigenvalue weighted by Crippen LogP contribution is 2.49. The lowest BCUT2D eigenvalue weighted by atomic mass is 9.76. The van der Waals surface area contributed by atoms with Crippen LogP contribution in [-0.2, 0) is 0 Å². The van der Waals surface area contributed by atoms with Crippen molar-refractivity contribution < 1.29 is 0 Å². The smallest absolute Gasteiger partial charge is 0.0101 e. The minimum Gasteiger partial charge on any atom is -0.317 e. The Bertz CT molecular complexity index is 138. The number of hydrogen-bond donors (Lipinski definition) is 1. The van der Waals surface area contributed by atoms with E-state index in [0.717, 1.165) is 17.9 Å². The highest BCUT2D eigenvalue weighted by molar-refractivity contribution is 5.01. The van der Waals surface area contributed by atoms with Crippen LogP contribution in [0.5, 0.6) is 0 Å². The molecule has 0 spiro atoms. The molecule has 1 nitrogen and oxygen atoms in total. The quantitative estimate of drug-likeness (QED) is 0.659. The Balaban J connectivity index is 2.48. The van der Waals surface area contributed by atoms with Crippen molar-refractivity contribution in [1.29, 1.82) is 0 Å². The zero-order valence-corrected chi connectivity index (χ0v) is 8.44. The molecule has 0 aromatic rings. The van der Waals surface area contributed by atoms with Crippen LogP contribution in [0, 0.1) is 17.3 Å². The fourth-order valence-electron chi connectivity index (χ4n) is 1.76. The molecule has 0 amide bonds. The minimum atomic E-state index is 0.522. The molecule has 1 fully saturated rings. The summed E-state index contributed by atoms with van der Waals surface area (Å²) in [6.45, 7) is 9.43. The van der Waals surface area contributed by atoms with Gasteiger partial charge in [-0.2, -0.15) is 0 Å². The van der Waals surface area contributed by atoms with E-state index in [0.29, 0.717) is 5.41 Å². The Labute approximate surface area is 70.6 Å². The second-order valence-corrected chi connectivity index (χ2v) is 4.71. The van der Waals surface area contributed by atoms with Gasteiger partial charge in [0.1, 0.15) is 0 Å². The Morgan fingerprint density at radius 1 is 1.36 bits per heavy atom. The van der Waals surface area contributed by atoms with Gasteiger partial charge >= 0.3 is 0 Å². The van der Waals surface area contributed by atoms with Crippen LogP contribution >= 0.6 is 0 Å². The largest absolute Gasteiger partial charge is 0.317 e. The second-order valence-electron chi connectivity index (χ2n) is 4.71. The summed E-state index contributed by atoms with van der Waals surface area (Å²) in [4.78, 5) is 0. The molecule has 11 heavy (non-hydrogen) atoms. The molecule has 66 valence electrons. The van der Waals surface area contributed by atoms with Gasteiger partial charge in [-0.05, 0) is 30.7 Å². The van der Waals surface area contributed by atoms with Crippen LogP contribution < -0.4 is 5.32 Å². The lowest BCUT2D eigenvalue weighted by Crippen LogP contribution is -2.26. The van der Waals surface area contributed by atoms with Crippen molar-refractivity contribution in [3.8, 4) is 0 Å². The van der Waals surface area contributed by atoms with Gasteiger partial charge in [0.25, 0.3) is 0 Å². The van der Waals surface area contributed by atoms with Crippen molar-refractivity contribution in [2.75, 3.05) is 7.05 Å². The number of rotatable bonds is 3. The predicted molar refractivity (Wildman–Crippen MR) is 49.6 cm³/mol. The molecule has 1 aliphatic carbocycles. The van der Waals surface area contributed by atoms with Crippen molar-refractivity contribution in [2.45, 2.75) is 40.2 Å². The Kier molecular flexibility index (Phi) is 2.29. The first-order chi connectivity index (χ1) is 5.00. The van der Waals surface area contributed by atoms with Gasteiger partial charge in [-0.15, -0.1) is 0 Å². The minimum absolute atomic E-state index is 0.522. The Hall–Kier alpha value is -0.0400. The van der Waals surface area contributed by atoms with Gasteiger partial charge in [-0.3, -0.25) is 0 Å². The molecule has 0 bridgehead atoms. The van der Waals surface area contributed by atoms with E-state index < -0.39 is 0 Å². The summed E-state index contributed by atoms with van der Waals surface area (Å²) in [5.74, 6) is 1.71. The molecular formula is C10H21N. The lowest BCUT2D eigenvalue weighted by Gasteiger charge is -2.29. The molecule has 0 saturated heterocycles. The first-order valence-electron chi connectivity index (χ1n) is 4.67. The van der Waals surface area contributed by atoms with Gasteiger partial charge in [-0.25, -0.2) is 0 Å². The lowest BCUT2D eigenvalue weighted by molar-refractivity contribution is 0.201. The summed E-state index contributed by atoms with van der Waals surface area (Å²) < 4.78 is 0. The summed E-state index contributed by atoms with van der Waals surface area (Å²) in [6, 6.07) is 0.799. The van der Waals surface area contributed by atoms with Crippen molar-refractivity contribution in [1.82, 2.24) is 5.32 Å². The van der Waals surface area contributed by atoms with E-state index in [-0.39, 0.29) is 0 Å². The third kappa shape index (κ3) is 1.58.